The van der Waals surface area contributed by atoms with Crippen LogP contribution in [0.25, 0.3) is 11.3 Å². The highest BCUT2D eigenvalue weighted by Crippen LogP contribution is 2.26. The lowest BCUT2D eigenvalue weighted by Gasteiger charge is -2.19. The summed E-state index contributed by atoms with van der Waals surface area (Å²) in [6.45, 7) is 0. The van der Waals surface area contributed by atoms with E-state index in [1.807, 2.05) is 30.3 Å². The smallest absolute Gasteiger partial charge is 0.244 e. The predicted molar refractivity (Wildman–Crippen MR) is 114 cm³/mol. The number of benzene rings is 1. The van der Waals surface area contributed by atoms with Crippen LogP contribution in [0.4, 0.5) is 0 Å². The van der Waals surface area contributed by atoms with Gasteiger partial charge < -0.3 is 0 Å². The molecule has 1 fully saturated rings. The summed E-state index contributed by atoms with van der Waals surface area (Å²) < 4.78 is 31.0. The second-order valence-electron chi connectivity index (χ2n) is 7.96. The summed E-state index contributed by atoms with van der Waals surface area (Å²) in [5.74, 6) is 0. The monoisotopic (exact) mass is 403 g/mol. The van der Waals surface area contributed by atoms with Gasteiger partial charge in [0, 0.05) is 24.8 Å². The molecule has 1 aliphatic rings. The fraction of sp³-hybridized carbons (Fsp3) is 0.591. The fourth-order valence-corrected chi connectivity index (χ4v) is 5.53. The number of nitrogens with zero attached hydrogens (tertiary/aromatic N) is 2. The molecule has 1 saturated carbocycles. The van der Waals surface area contributed by atoms with Crippen LogP contribution in [0.15, 0.2) is 41.4 Å². The molecule has 0 atom stereocenters. The Morgan fingerprint density at radius 2 is 1.43 bits per heavy atom. The van der Waals surface area contributed by atoms with Crippen molar-refractivity contribution in [1.82, 2.24) is 14.5 Å². The minimum absolute atomic E-state index is 0.00764. The van der Waals surface area contributed by atoms with Gasteiger partial charge in [0.05, 0.1) is 0 Å². The van der Waals surface area contributed by atoms with E-state index in [0.717, 1.165) is 31.2 Å². The van der Waals surface area contributed by atoms with Crippen molar-refractivity contribution in [2.24, 2.45) is 7.05 Å². The third-order valence-corrected chi connectivity index (χ3v) is 7.08. The quantitative estimate of drug-likeness (QED) is 0.778. The Balaban J connectivity index is 1.76. The van der Waals surface area contributed by atoms with Crippen LogP contribution in [0.5, 0.6) is 0 Å². The van der Waals surface area contributed by atoms with Crippen LogP contribution in [0.2, 0.25) is 0 Å². The van der Waals surface area contributed by atoms with Crippen LogP contribution < -0.4 is 4.72 Å². The second-order valence-corrected chi connectivity index (χ2v) is 9.64. The molecule has 1 aromatic carbocycles. The lowest BCUT2D eigenvalue weighted by atomic mass is 9.98. The van der Waals surface area contributed by atoms with E-state index in [2.05, 4.69) is 9.82 Å². The molecule has 6 heteroatoms. The topological polar surface area (TPSA) is 64.0 Å². The molecule has 5 nitrogen and oxygen atoms in total. The highest BCUT2D eigenvalue weighted by atomic mass is 32.2. The molecule has 2 aromatic rings. The van der Waals surface area contributed by atoms with Crippen LogP contribution in [-0.4, -0.2) is 24.2 Å². The molecule has 154 valence electrons. The second kappa shape index (κ2) is 10.2. The average Bonchev–Trinajstić information content (AvgIpc) is 3.07. The van der Waals surface area contributed by atoms with Crippen molar-refractivity contribution in [3.8, 4) is 11.3 Å². The van der Waals surface area contributed by atoms with Gasteiger partial charge >= 0.3 is 0 Å². The van der Waals surface area contributed by atoms with Crippen molar-refractivity contribution in [2.45, 2.75) is 81.6 Å². The van der Waals surface area contributed by atoms with Gasteiger partial charge in [0.2, 0.25) is 10.0 Å². The van der Waals surface area contributed by atoms with Gasteiger partial charge in [0.1, 0.15) is 10.6 Å². The number of aryl methyl sites for hydroxylation is 1. The van der Waals surface area contributed by atoms with E-state index in [0.29, 0.717) is 5.69 Å². The van der Waals surface area contributed by atoms with E-state index >= 15 is 0 Å². The normalized spacial score (nSPS) is 18.3. The Bertz CT molecular complexity index is 819. The summed E-state index contributed by atoms with van der Waals surface area (Å²) in [6.07, 6.45) is 14.5. The first-order valence-corrected chi connectivity index (χ1v) is 12.2. The maximum absolute atomic E-state index is 13.2. The lowest BCUT2D eigenvalue weighted by molar-refractivity contribution is 0.440. The number of aromatic nitrogens is 2. The van der Waals surface area contributed by atoms with E-state index in [1.165, 1.54) is 44.9 Å². The molecular formula is C22H33N3O2S. The van der Waals surface area contributed by atoms with E-state index < -0.39 is 10.0 Å². The van der Waals surface area contributed by atoms with Gasteiger partial charge in [0.15, 0.2) is 0 Å². The molecule has 1 N–H and O–H groups in total. The van der Waals surface area contributed by atoms with E-state index in [1.54, 1.807) is 17.9 Å². The van der Waals surface area contributed by atoms with Crippen LogP contribution >= 0.6 is 0 Å². The van der Waals surface area contributed by atoms with Crippen molar-refractivity contribution in [1.29, 1.82) is 0 Å². The molecule has 28 heavy (non-hydrogen) atoms. The molecular weight excluding hydrogens is 370 g/mol. The van der Waals surface area contributed by atoms with E-state index in [-0.39, 0.29) is 10.9 Å². The number of hydrogen-bond donors (Lipinski definition) is 1. The zero-order chi connectivity index (χ0) is 19.8. The third-order valence-electron chi connectivity index (χ3n) is 5.56. The Morgan fingerprint density at radius 1 is 0.893 bits per heavy atom. The summed E-state index contributed by atoms with van der Waals surface area (Å²) >= 11 is 0. The summed E-state index contributed by atoms with van der Waals surface area (Å²) in [7, 11) is -1.85. The van der Waals surface area contributed by atoms with Crippen molar-refractivity contribution in [3.63, 3.8) is 0 Å². The largest absolute Gasteiger partial charge is 0.274 e. The molecule has 0 aliphatic heterocycles. The van der Waals surface area contributed by atoms with Crippen LogP contribution in [-0.2, 0) is 17.1 Å². The molecule has 0 spiro atoms. The number of rotatable bonds is 4. The molecule has 1 aliphatic carbocycles. The van der Waals surface area contributed by atoms with Crippen molar-refractivity contribution < 1.29 is 8.42 Å². The molecule has 0 saturated heterocycles. The molecule has 0 unspecified atom stereocenters. The first kappa shape index (κ1) is 21.1. The number of sulfonamides is 1. The number of nitrogens with one attached hydrogen (secondary N) is 1. The molecule has 1 heterocycles. The van der Waals surface area contributed by atoms with Gasteiger partial charge in [-0.1, -0.05) is 88.1 Å². The maximum Gasteiger partial charge on any atom is 0.244 e. The zero-order valence-corrected chi connectivity index (χ0v) is 17.8. The minimum atomic E-state index is -3.62. The Morgan fingerprint density at radius 3 is 2.00 bits per heavy atom. The predicted octanol–water partition coefficient (Wildman–Crippen LogP) is 5.04. The summed E-state index contributed by atoms with van der Waals surface area (Å²) in [5, 5.41) is 4.42. The third kappa shape index (κ3) is 5.92. The first-order chi connectivity index (χ1) is 13.6. The summed E-state index contributed by atoms with van der Waals surface area (Å²) in [4.78, 5) is 0.271. The Hall–Kier alpha value is -1.66. The Labute approximate surface area is 169 Å². The van der Waals surface area contributed by atoms with E-state index in [9.17, 15) is 8.42 Å². The van der Waals surface area contributed by atoms with Gasteiger partial charge in [-0.05, 0) is 12.8 Å². The fourth-order valence-electron chi connectivity index (χ4n) is 4.02. The van der Waals surface area contributed by atoms with Crippen LogP contribution in [0.3, 0.4) is 0 Å². The molecule has 3 rings (SSSR count). The average molecular weight is 404 g/mol. The van der Waals surface area contributed by atoms with Crippen LogP contribution in [0, 0.1) is 0 Å². The maximum atomic E-state index is 13.2. The van der Waals surface area contributed by atoms with Crippen LogP contribution in [0.1, 0.15) is 70.6 Å². The van der Waals surface area contributed by atoms with Gasteiger partial charge in [-0.15, -0.1) is 0 Å². The van der Waals surface area contributed by atoms with Crippen molar-refractivity contribution in [3.05, 3.63) is 36.5 Å². The first-order valence-electron chi connectivity index (χ1n) is 10.7. The summed E-state index contributed by atoms with van der Waals surface area (Å²) in [6, 6.07) is 9.54. The van der Waals surface area contributed by atoms with Gasteiger partial charge in [-0.25, -0.2) is 13.1 Å². The van der Waals surface area contributed by atoms with Gasteiger partial charge in [-0.3, -0.25) is 4.68 Å². The van der Waals surface area contributed by atoms with Crippen molar-refractivity contribution >= 4 is 10.0 Å². The number of hydrogen-bond acceptors (Lipinski definition) is 3. The molecule has 0 bridgehead atoms. The van der Waals surface area contributed by atoms with E-state index in [4.69, 9.17) is 0 Å². The van der Waals surface area contributed by atoms with Crippen molar-refractivity contribution in [2.75, 3.05) is 0 Å². The highest BCUT2D eigenvalue weighted by molar-refractivity contribution is 7.89. The SMILES string of the molecule is Cn1cc(S(=O)(=O)NC2CCCCCCCCCCC2)c(-c2ccccc2)n1. The highest BCUT2D eigenvalue weighted by Gasteiger charge is 2.26. The summed E-state index contributed by atoms with van der Waals surface area (Å²) in [5.41, 5.74) is 1.34. The van der Waals surface area contributed by atoms with Gasteiger partial charge in [-0.2, -0.15) is 5.10 Å². The lowest BCUT2D eigenvalue weighted by Crippen LogP contribution is -2.35. The Kier molecular flexibility index (Phi) is 7.68. The standard InChI is InChI=1S/C22H33N3O2S/c1-25-18-21(22(23-25)19-14-10-9-11-15-19)28(26,27)24-20-16-12-7-5-3-2-4-6-8-13-17-20/h9-11,14-15,18,20,24H,2-8,12-13,16-17H2,1H3. The minimum Gasteiger partial charge on any atom is -0.274 e. The zero-order valence-electron chi connectivity index (χ0n) is 16.9. The van der Waals surface area contributed by atoms with Gasteiger partial charge in [0.25, 0.3) is 0 Å². The molecule has 0 radical (unpaired) electrons. The molecule has 1 aromatic heterocycles. The molecule has 0 amide bonds.